The van der Waals surface area contributed by atoms with Crippen LogP contribution in [0.4, 0.5) is 11.4 Å². The highest BCUT2D eigenvalue weighted by Crippen LogP contribution is 2.29. The molecule has 172 valence electrons. The molecule has 3 heterocycles. The van der Waals surface area contributed by atoms with Crippen LogP contribution in [0.15, 0.2) is 59.7 Å². The zero-order chi connectivity index (χ0) is 23.8. The highest BCUT2D eigenvalue weighted by Gasteiger charge is 2.24. The number of anilines is 2. The summed E-state index contributed by atoms with van der Waals surface area (Å²) in [5, 5.41) is 3.30. The van der Waals surface area contributed by atoms with Crippen LogP contribution in [0.5, 0.6) is 0 Å². The fraction of sp³-hybridized carbons (Fsp3) is 0.231. The number of fused-ring (bicyclic) bond motifs is 2. The van der Waals surface area contributed by atoms with Crippen LogP contribution in [0, 0.1) is 13.8 Å². The molecule has 7 nitrogen and oxygen atoms in total. The van der Waals surface area contributed by atoms with E-state index in [0.29, 0.717) is 27.2 Å². The third-order valence-electron chi connectivity index (χ3n) is 6.23. The third-order valence-corrected chi connectivity index (χ3v) is 7.43. The van der Waals surface area contributed by atoms with Crippen LogP contribution >= 0.6 is 11.3 Å². The minimum absolute atomic E-state index is 0.101. The maximum Gasteiger partial charge on any atom is 0.266 e. The number of para-hydroxylation sites is 2. The van der Waals surface area contributed by atoms with Crippen molar-refractivity contribution in [2.45, 2.75) is 33.2 Å². The summed E-state index contributed by atoms with van der Waals surface area (Å²) in [6.07, 6.45) is 3.23. The molecule has 34 heavy (non-hydrogen) atoms. The van der Waals surface area contributed by atoms with Gasteiger partial charge in [-0.3, -0.25) is 19.0 Å². The topological polar surface area (TPSA) is 84.3 Å². The molecule has 0 spiro atoms. The number of amides is 2. The molecule has 0 radical (unpaired) electrons. The molecule has 1 N–H and O–H groups in total. The Kier molecular flexibility index (Phi) is 5.75. The van der Waals surface area contributed by atoms with Gasteiger partial charge in [-0.05, 0) is 55.5 Å². The largest absolute Gasteiger partial charge is 0.321 e. The van der Waals surface area contributed by atoms with E-state index in [1.165, 1.54) is 22.2 Å². The fourth-order valence-electron chi connectivity index (χ4n) is 4.40. The summed E-state index contributed by atoms with van der Waals surface area (Å²) in [6, 6.07) is 15.4. The van der Waals surface area contributed by atoms with Gasteiger partial charge in [0.15, 0.2) is 0 Å². The Morgan fingerprint density at radius 1 is 1.09 bits per heavy atom. The average molecular weight is 473 g/mol. The first-order valence-electron chi connectivity index (χ1n) is 11.2. The van der Waals surface area contributed by atoms with E-state index in [0.717, 1.165) is 35.3 Å². The molecule has 5 rings (SSSR count). The number of carbonyl (C=O) groups is 2. The Labute approximate surface area is 200 Å². The van der Waals surface area contributed by atoms with Gasteiger partial charge in [-0.2, -0.15) is 0 Å². The van der Waals surface area contributed by atoms with Crippen molar-refractivity contribution in [3.63, 3.8) is 0 Å². The minimum Gasteiger partial charge on any atom is -0.321 e. The molecule has 0 fully saturated rings. The molecule has 1 aliphatic rings. The van der Waals surface area contributed by atoms with Crippen LogP contribution in [0.3, 0.4) is 0 Å². The molecule has 4 aromatic rings. The van der Waals surface area contributed by atoms with Crippen LogP contribution in [0.1, 0.15) is 32.8 Å². The standard InChI is InChI=1S/C26H24N4O3S/c1-16-8-3-5-11-19(16)28-24(32)23-17(2)22-25(34-23)27-15-29(26(22)33)14-21(31)30-13-7-10-18-9-4-6-12-20(18)30/h3-6,8-9,11-12,15H,7,10,13-14H2,1-2H3,(H,28,32). The van der Waals surface area contributed by atoms with E-state index < -0.39 is 0 Å². The van der Waals surface area contributed by atoms with Crippen LogP contribution in [0.2, 0.25) is 0 Å². The second-order valence-corrected chi connectivity index (χ2v) is 9.46. The van der Waals surface area contributed by atoms with Gasteiger partial charge in [0.1, 0.15) is 11.4 Å². The Hall–Kier alpha value is -3.78. The summed E-state index contributed by atoms with van der Waals surface area (Å²) in [7, 11) is 0. The highest BCUT2D eigenvalue weighted by atomic mass is 32.1. The van der Waals surface area contributed by atoms with Gasteiger partial charge in [0.2, 0.25) is 5.91 Å². The van der Waals surface area contributed by atoms with Crippen molar-refractivity contribution in [3.8, 4) is 0 Å². The van der Waals surface area contributed by atoms with Crippen molar-refractivity contribution >= 4 is 44.7 Å². The first kappa shape index (κ1) is 22.0. The maximum absolute atomic E-state index is 13.3. The molecule has 0 saturated carbocycles. The lowest BCUT2D eigenvalue weighted by molar-refractivity contribution is -0.119. The number of thiophene rings is 1. The molecule has 2 aromatic heterocycles. The van der Waals surface area contributed by atoms with Crippen molar-refractivity contribution in [3.05, 3.63) is 86.8 Å². The van der Waals surface area contributed by atoms with Crippen molar-refractivity contribution in [2.24, 2.45) is 0 Å². The number of nitrogens with one attached hydrogen (secondary N) is 1. The monoisotopic (exact) mass is 472 g/mol. The Morgan fingerprint density at radius 2 is 1.85 bits per heavy atom. The van der Waals surface area contributed by atoms with Crippen molar-refractivity contribution in [1.29, 1.82) is 0 Å². The second-order valence-electron chi connectivity index (χ2n) is 8.46. The molecule has 0 saturated heterocycles. The number of nitrogens with zero attached hydrogens (tertiary/aromatic N) is 3. The maximum atomic E-state index is 13.3. The molecule has 0 atom stereocenters. The number of carbonyl (C=O) groups excluding carboxylic acids is 2. The number of benzene rings is 2. The van der Waals surface area contributed by atoms with Crippen LogP contribution < -0.4 is 15.8 Å². The summed E-state index contributed by atoms with van der Waals surface area (Å²) in [6.45, 7) is 4.20. The first-order valence-corrected chi connectivity index (χ1v) is 12.0. The van der Waals surface area contributed by atoms with E-state index in [4.69, 9.17) is 0 Å². The van der Waals surface area contributed by atoms with Gasteiger partial charge in [-0.1, -0.05) is 36.4 Å². The molecule has 0 unspecified atom stereocenters. The van der Waals surface area contributed by atoms with E-state index in [-0.39, 0.29) is 23.9 Å². The van der Waals surface area contributed by atoms with Gasteiger partial charge in [0.25, 0.3) is 11.5 Å². The molecule has 8 heteroatoms. The Bertz CT molecular complexity index is 1490. The first-order chi connectivity index (χ1) is 16.4. The lowest BCUT2D eigenvalue weighted by Gasteiger charge is -2.29. The van der Waals surface area contributed by atoms with Gasteiger partial charge < -0.3 is 10.2 Å². The summed E-state index contributed by atoms with van der Waals surface area (Å²) in [4.78, 5) is 46.5. The number of aromatic nitrogens is 2. The zero-order valence-corrected chi connectivity index (χ0v) is 19.8. The third kappa shape index (κ3) is 3.90. The molecule has 2 aromatic carbocycles. The van der Waals surface area contributed by atoms with E-state index in [1.54, 1.807) is 11.8 Å². The number of aryl methyl sites for hydroxylation is 3. The highest BCUT2D eigenvalue weighted by molar-refractivity contribution is 7.20. The van der Waals surface area contributed by atoms with Gasteiger partial charge >= 0.3 is 0 Å². The lowest BCUT2D eigenvalue weighted by atomic mass is 10.0. The number of hydrogen-bond acceptors (Lipinski definition) is 5. The summed E-state index contributed by atoms with van der Waals surface area (Å²) in [5.41, 5.74) is 3.99. The van der Waals surface area contributed by atoms with Gasteiger partial charge in [0, 0.05) is 17.9 Å². The lowest BCUT2D eigenvalue weighted by Crippen LogP contribution is -2.39. The SMILES string of the molecule is Cc1ccccc1NC(=O)c1sc2ncn(CC(=O)N3CCCc4ccccc43)c(=O)c2c1C. The van der Waals surface area contributed by atoms with Crippen molar-refractivity contribution in [2.75, 3.05) is 16.8 Å². The summed E-state index contributed by atoms with van der Waals surface area (Å²) >= 11 is 1.19. The molecule has 1 aliphatic heterocycles. The van der Waals surface area contributed by atoms with Crippen LogP contribution in [-0.4, -0.2) is 27.9 Å². The zero-order valence-electron chi connectivity index (χ0n) is 19.0. The number of rotatable bonds is 4. The van der Waals surface area contributed by atoms with E-state index in [1.807, 2.05) is 55.5 Å². The van der Waals surface area contributed by atoms with E-state index >= 15 is 0 Å². The van der Waals surface area contributed by atoms with Crippen LogP contribution in [0.25, 0.3) is 10.2 Å². The van der Waals surface area contributed by atoms with Crippen molar-refractivity contribution < 1.29 is 9.59 Å². The Balaban J connectivity index is 1.43. The smallest absolute Gasteiger partial charge is 0.266 e. The minimum atomic E-state index is -0.313. The molecule has 0 aliphatic carbocycles. The Morgan fingerprint density at radius 3 is 2.68 bits per heavy atom. The predicted octanol–water partition coefficient (Wildman–Crippen LogP) is 4.31. The summed E-state index contributed by atoms with van der Waals surface area (Å²) in [5.74, 6) is -0.428. The predicted molar refractivity (Wildman–Crippen MR) is 135 cm³/mol. The van der Waals surface area contributed by atoms with Gasteiger partial charge in [0.05, 0.1) is 16.6 Å². The molecular formula is C26H24N4O3S. The van der Waals surface area contributed by atoms with Gasteiger partial charge in [-0.25, -0.2) is 4.98 Å². The fourth-order valence-corrected chi connectivity index (χ4v) is 5.44. The number of hydrogen-bond donors (Lipinski definition) is 1. The average Bonchev–Trinajstić information content (AvgIpc) is 3.19. The molecule has 2 amide bonds. The van der Waals surface area contributed by atoms with E-state index in [2.05, 4.69) is 10.3 Å². The van der Waals surface area contributed by atoms with Gasteiger partial charge in [-0.15, -0.1) is 11.3 Å². The molecular weight excluding hydrogens is 448 g/mol. The van der Waals surface area contributed by atoms with Crippen LogP contribution in [-0.2, 0) is 17.8 Å². The second kappa shape index (κ2) is 8.87. The van der Waals surface area contributed by atoms with E-state index in [9.17, 15) is 14.4 Å². The molecule has 0 bridgehead atoms. The summed E-state index contributed by atoms with van der Waals surface area (Å²) < 4.78 is 1.34. The van der Waals surface area contributed by atoms with Crippen molar-refractivity contribution in [1.82, 2.24) is 9.55 Å². The quantitative estimate of drug-likeness (QED) is 0.480. The normalized spacial score (nSPS) is 13.1.